The zero-order valence-corrected chi connectivity index (χ0v) is 11.8. The lowest BCUT2D eigenvalue weighted by atomic mass is 10.1. The number of aryl methyl sites for hydroxylation is 2. The number of carbonyl (C=O) groups excluding carboxylic acids is 1. The Morgan fingerprint density at radius 2 is 2.20 bits per heavy atom. The average molecular weight is 275 g/mol. The monoisotopic (exact) mass is 275 g/mol. The van der Waals surface area contributed by atoms with Crippen molar-refractivity contribution in [2.24, 2.45) is 0 Å². The molecule has 1 aromatic carbocycles. The van der Waals surface area contributed by atoms with E-state index in [4.69, 9.17) is 4.74 Å². The first kappa shape index (κ1) is 14.0. The number of carbonyl (C=O) groups is 1. The van der Waals surface area contributed by atoms with Crippen molar-refractivity contribution in [3.8, 4) is 0 Å². The van der Waals surface area contributed by atoms with Gasteiger partial charge in [0.15, 0.2) is 5.82 Å². The molecule has 1 heterocycles. The number of nitrogens with zero attached hydrogens (tertiary/aromatic N) is 4. The van der Waals surface area contributed by atoms with Crippen LogP contribution in [0.25, 0.3) is 0 Å². The van der Waals surface area contributed by atoms with Crippen molar-refractivity contribution in [1.29, 1.82) is 0 Å². The van der Waals surface area contributed by atoms with Crippen LogP contribution in [-0.4, -0.2) is 33.3 Å². The molecule has 2 aromatic rings. The fourth-order valence-electron chi connectivity index (χ4n) is 1.78. The highest BCUT2D eigenvalue weighted by atomic mass is 16.5. The largest absolute Gasteiger partial charge is 0.465 e. The maximum absolute atomic E-state index is 11.5. The van der Waals surface area contributed by atoms with Gasteiger partial charge in [-0.05, 0) is 42.8 Å². The summed E-state index contributed by atoms with van der Waals surface area (Å²) in [6.07, 6.45) is 0. The van der Waals surface area contributed by atoms with Crippen molar-refractivity contribution in [2.75, 3.05) is 12.4 Å². The van der Waals surface area contributed by atoms with Gasteiger partial charge in [0, 0.05) is 5.69 Å². The molecule has 0 bridgehead atoms. The second kappa shape index (κ2) is 6.14. The number of ether oxygens (including phenoxy) is 1. The Morgan fingerprint density at radius 1 is 1.40 bits per heavy atom. The van der Waals surface area contributed by atoms with Crippen molar-refractivity contribution in [2.45, 2.75) is 26.9 Å². The molecule has 0 unspecified atom stereocenters. The second-order valence-electron chi connectivity index (χ2n) is 4.33. The molecule has 1 aromatic heterocycles. The number of methoxy groups -OCH3 is 1. The Morgan fingerprint density at radius 3 is 2.85 bits per heavy atom. The van der Waals surface area contributed by atoms with E-state index in [2.05, 4.69) is 20.7 Å². The van der Waals surface area contributed by atoms with Gasteiger partial charge in [0.05, 0.1) is 25.8 Å². The first-order chi connectivity index (χ1) is 9.62. The minimum Gasteiger partial charge on any atom is -0.465 e. The Hall–Kier alpha value is -2.44. The summed E-state index contributed by atoms with van der Waals surface area (Å²) < 4.78 is 4.72. The van der Waals surface area contributed by atoms with Gasteiger partial charge in [-0.2, -0.15) is 4.80 Å². The minimum atomic E-state index is -0.355. The zero-order chi connectivity index (χ0) is 14.5. The molecule has 20 heavy (non-hydrogen) atoms. The van der Waals surface area contributed by atoms with Gasteiger partial charge in [0.25, 0.3) is 0 Å². The third kappa shape index (κ3) is 3.31. The van der Waals surface area contributed by atoms with Gasteiger partial charge < -0.3 is 10.1 Å². The maximum atomic E-state index is 11.5. The van der Waals surface area contributed by atoms with E-state index in [1.165, 1.54) is 11.9 Å². The number of aromatic nitrogens is 4. The Balaban J connectivity index is 2.09. The molecule has 0 saturated heterocycles. The summed E-state index contributed by atoms with van der Waals surface area (Å²) in [5.74, 6) is 0.250. The van der Waals surface area contributed by atoms with Crippen molar-refractivity contribution < 1.29 is 9.53 Å². The number of benzene rings is 1. The molecule has 0 spiro atoms. The molecule has 0 radical (unpaired) electrons. The van der Waals surface area contributed by atoms with Crippen LogP contribution in [0.4, 0.5) is 5.69 Å². The highest BCUT2D eigenvalue weighted by Gasteiger charge is 2.08. The highest BCUT2D eigenvalue weighted by molar-refractivity contribution is 5.90. The predicted molar refractivity (Wildman–Crippen MR) is 73.3 cm³/mol. The van der Waals surface area contributed by atoms with Crippen molar-refractivity contribution >= 4 is 11.7 Å². The van der Waals surface area contributed by atoms with Gasteiger partial charge in [-0.15, -0.1) is 10.2 Å². The molecule has 0 aliphatic rings. The number of esters is 1. The summed E-state index contributed by atoms with van der Waals surface area (Å²) in [5, 5.41) is 15.2. The van der Waals surface area contributed by atoms with Crippen molar-refractivity contribution in [1.82, 2.24) is 20.2 Å². The van der Waals surface area contributed by atoms with Gasteiger partial charge >= 0.3 is 5.97 Å². The van der Waals surface area contributed by atoms with Crippen LogP contribution < -0.4 is 5.32 Å². The molecule has 0 atom stereocenters. The summed E-state index contributed by atoms with van der Waals surface area (Å²) in [4.78, 5) is 13.1. The lowest BCUT2D eigenvalue weighted by molar-refractivity contribution is 0.0600. The molecular weight excluding hydrogens is 258 g/mol. The fraction of sp³-hybridized carbons (Fsp3) is 0.385. The molecule has 0 aliphatic heterocycles. The van der Waals surface area contributed by atoms with E-state index in [1.807, 2.05) is 19.9 Å². The first-order valence-electron chi connectivity index (χ1n) is 6.33. The number of anilines is 1. The second-order valence-corrected chi connectivity index (χ2v) is 4.33. The first-order valence-corrected chi connectivity index (χ1v) is 6.33. The number of nitrogens with one attached hydrogen (secondary N) is 1. The SMILES string of the molecule is CCn1nnc(CNc2cc(C)cc(C(=O)OC)c2)n1. The van der Waals surface area contributed by atoms with Crippen LogP contribution in [0.2, 0.25) is 0 Å². The molecule has 0 saturated carbocycles. The number of rotatable bonds is 5. The molecule has 0 aliphatic carbocycles. The van der Waals surface area contributed by atoms with Crippen LogP contribution in [0.3, 0.4) is 0 Å². The lowest BCUT2D eigenvalue weighted by Crippen LogP contribution is -2.06. The van der Waals surface area contributed by atoms with Crippen molar-refractivity contribution in [3.05, 3.63) is 35.2 Å². The number of hydrogen-bond acceptors (Lipinski definition) is 6. The van der Waals surface area contributed by atoms with Crippen LogP contribution in [0.1, 0.15) is 28.7 Å². The standard InChI is InChI=1S/C13H17N5O2/c1-4-18-16-12(15-17-18)8-14-11-6-9(2)5-10(7-11)13(19)20-3/h5-7,14H,4,8H2,1-3H3. The fourth-order valence-corrected chi connectivity index (χ4v) is 1.78. The number of hydrogen-bond donors (Lipinski definition) is 1. The molecule has 7 heteroatoms. The van der Waals surface area contributed by atoms with E-state index < -0.39 is 0 Å². The van der Waals surface area contributed by atoms with E-state index in [0.29, 0.717) is 24.5 Å². The van der Waals surface area contributed by atoms with Gasteiger partial charge in [0.2, 0.25) is 0 Å². The summed E-state index contributed by atoms with van der Waals surface area (Å²) in [7, 11) is 1.37. The molecular formula is C13H17N5O2. The molecule has 7 nitrogen and oxygen atoms in total. The topological polar surface area (TPSA) is 81.9 Å². The van der Waals surface area contributed by atoms with Gasteiger partial charge in [-0.25, -0.2) is 4.79 Å². The van der Waals surface area contributed by atoms with E-state index in [1.54, 1.807) is 12.1 Å². The summed E-state index contributed by atoms with van der Waals surface area (Å²) in [5.41, 5.74) is 2.30. The van der Waals surface area contributed by atoms with Crippen LogP contribution >= 0.6 is 0 Å². The third-order valence-electron chi connectivity index (χ3n) is 2.73. The van der Waals surface area contributed by atoms with E-state index in [0.717, 1.165) is 11.3 Å². The third-order valence-corrected chi connectivity index (χ3v) is 2.73. The van der Waals surface area contributed by atoms with Crippen LogP contribution in [-0.2, 0) is 17.8 Å². The summed E-state index contributed by atoms with van der Waals surface area (Å²) >= 11 is 0. The van der Waals surface area contributed by atoms with E-state index in [-0.39, 0.29) is 5.97 Å². The smallest absolute Gasteiger partial charge is 0.337 e. The summed E-state index contributed by atoms with van der Waals surface area (Å²) in [6.45, 7) is 5.00. The Labute approximate surface area is 116 Å². The zero-order valence-electron chi connectivity index (χ0n) is 11.8. The number of tetrazole rings is 1. The molecule has 0 amide bonds. The summed E-state index contributed by atoms with van der Waals surface area (Å²) in [6, 6.07) is 5.46. The van der Waals surface area contributed by atoms with Crippen molar-refractivity contribution in [3.63, 3.8) is 0 Å². The maximum Gasteiger partial charge on any atom is 0.337 e. The Bertz CT molecular complexity index is 609. The van der Waals surface area contributed by atoms with Crippen LogP contribution in [0.5, 0.6) is 0 Å². The van der Waals surface area contributed by atoms with Gasteiger partial charge in [-0.1, -0.05) is 0 Å². The van der Waals surface area contributed by atoms with E-state index >= 15 is 0 Å². The van der Waals surface area contributed by atoms with E-state index in [9.17, 15) is 4.79 Å². The van der Waals surface area contributed by atoms with Gasteiger partial charge in [-0.3, -0.25) is 0 Å². The molecule has 0 fully saturated rings. The Kier molecular flexibility index (Phi) is 4.29. The van der Waals surface area contributed by atoms with Crippen LogP contribution in [0.15, 0.2) is 18.2 Å². The lowest BCUT2D eigenvalue weighted by Gasteiger charge is -2.07. The average Bonchev–Trinajstić information content (AvgIpc) is 2.91. The molecule has 1 N–H and O–H groups in total. The quantitative estimate of drug-likeness (QED) is 0.831. The minimum absolute atomic E-state index is 0.355. The van der Waals surface area contributed by atoms with Crippen LogP contribution in [0, 0.1) is 6.92 Å². The normalized spacial score (nSPS) is 10.3. The highest BCUT2D eigenvalue weighted by Crippen LogP contribution is 2.15. The molecule has 2 rings (SSSR count). The van der Waals surface area contributed by atoms with Gasteiger partial charge in [0.1, 0.15) is 0 Å². The molecule has 106 valence electrons. The predicted octanol–water partition coefficient (Wildman–Crippen LogP) is 1.40.